The number of hydrogen-bond acceptors (Lipinski definition) is 5. The van der Waals surface area contributed by atoms with Crippen LogP contribution in [0.1, 0.15) is 18.4 Å². The smallest absolute Gasteiger partial charge is 0.404 e. The van der Waals surface area contributed by atoms with Crippen LogP contribution in [0, 0.1) is 0 Å². The highest BCUT2D eigenvalue weighted by molar-refractivity contribution is 7.89. The molecule has 1 aromatic carbocycles. The van der Waals surface area contributed by atoms with E-state index in [-0.39, 0.29) is 11.8 Å². The molecule has 1 saturated heterocycles. The second-order valence-electron chi connectivity index (χ2n) is 5.69. The molecule has 0 radical (unpaired) electrons. The highest BCUT2D eigenvalue weighted by Crippen LogP contribution is 2.27. The summed E-state index contributed by atoms with van der Waals surface area (Å²) in [7, 11) is -3.18. The van der Waals surface area contributed by atoms with Crippen molar-refractivity contribution in [1.29, 1.82) is 0 Å². The van der Waals surface area contributed by atoms with E-state index < -0.39 is 15.9 Å². The van der Waals surface area contributed by atoms with Gasteiger partial charge < -0.3 is 21.1 Å². The van der Waals surface area contributed by atoms with Crippen LogP contribution >= 0.6 is 0 Å². The van der Waals surface area contributed by atoms with Crippen molar-refractivity contribution in [3.05, 3.63) is 23.8 Å². The van der Waals surface area contributed by atoms with Crippen molar-refractivity contribution in [1.82, 2.24) is 5.32 Å². The standard InChI is InChI=1S/C14H21N3O4S/c1-22(20,21)9-10-7-11(15)4-5-13(10)17-6-2-3-12(8-17)16-14(18)19/h4-5,7,12,16H,2-3,6,8-9,15H2,1H3,(H,18,19)/t12-/m0/s1. The third kappa shape index (κ3) is 4.52. The molecule has 0 aromatic heterocycles. The number of hydrogen-bond donors (Lipinski definition) is 3. The quantitative estimate of drug-likeness (QED) is 0.713. The maximum Gasteiger partial charge on any atom is 0.404 e. The van der Waals surface area contributed by atoms with Gasteiger partial charge in [0.2, 0.25) is 0 Å². The number of benzene rings is 1. The van der Waals surface area contributed by atoms with Crippen LogP contribution in [0.15, 0.2) is 18.2 Å². The van der Waals surface area contributed by atoms with E-state index in [0.29, 0.717) is 17.8 Å². The summed E-state index contributed by atoms with van der Waals surface area (Å²) in [4.78, 5) is 12.8. The minimum Gasteiger partial charge on any atom is -0.465 e. The molecule has 0 unspecified atom stereocenters. The SMILES string of the molecule is CS(=O)(=O)Cc1cc(N)ccc1N1CCC[C@H](NC(=O)O)C1. The van der Waals surface area contributed by atoms with E-state index >= 15 is 0 Å². The molecule has 1 fully saturated rings. The van der Waals surface area contributed by atoms with Gasteiger partial charge in [0.25, 0.3) is 0 Å². The lowest BCUT2D eigenvalue weighted by molar-refractivity contribution is 0.188. The summed E-state index contributed by atoms with van der Waals surface area (Å²) >= 11 is 0. The van der Waals surface area contributed by atoms with Gasteiger partial charge in [-0.3, -0.25) is 0 Å². The Labute approximate surface area is 130 Å². The van der Waals surface area contributed by atoms with E-state index in [2.05, 4.69) is 5.32 Å². The van der Waals surface area contributed by atoms with Crippen LogP contribution in [0.3, 0.4) is 0 Å². The minimum absolute atomic E-state index is 0.0824. The molecule has 1 amide bonds. The fourth-order valence-corrected chi connectivity index (χ4v) is 3.60. The Balaban J connectivity index is 2.25. The molecule has 1 heterocycles. The summed E-state index contributed by atoms with van der Waals surface area (Å²) in [6.07, 6.45) is 1.76. The van der Waals surface area contributed by atoms with Gasteiger partial charge in [-0.2, -0.15) is 0 Å². The zero-order chi connectivity index (χ0) is 16.3. The number of sulfone groups is 1. The van der Waals surface area contributed by atoms with Crippen molar-refractivity contribution in [2.75, 3.05) is 30.0 Å². The number of carbonyl (C=O) groups is 1. The van der Waals surface area contributed by atoms with Gasteiger partial charge in [-0.25, -0.2) is 13.2 Å². The number of nitrogens with zero attached hydrogens (tertiary/aromatic N) is 1. The van der Waals surface area contributed by atoms with Gasteiger partial charge in [0, 0.05) is 36.8 Å². The predicted octanol–water partition coefficient (Wildman–Crippen LogP) is 1.05. The first-order chi connectivity index (χ1) is 10.2. The number of nitrogens with two attached hydrogens (primary N) is 1. The fourth-order valence-electron chi connectivity index (χ4n) is 2.80. The van der Waals surface area contributed by atoms with Crippen LogP contribution in [-0.2, 0) is 15.6 Å². The average Bonchev–Trinajstić information content (AvgIpc) is 2.36. The van der Waals surface area contributed by atoms with Gasteiger partial charge in [-0.05, 0) is 36.6 Å². The molecule has 0 aliphatic carbocycles. The molecule has 2 rings (SSSR count). The molecule has 122 valence electrons. The minimum atomic E-state index is -3.18. The third-order valence-electron chi connectivity index (χ3n) is 3.61. The first-order valence-corrected chi connectivity index (χ1v) is 9.11. The monoisotopic (exact) mass is 327 g/mol. The Kier molecular flexibility index (Phi) is 4.80. The molecular weight excluding hydrogens is 306 g/mol. The van der Waals surface area contributed by atoms with Crippen LogP contribution in [0.4, 0.5) is 16.2 Å². The zero-order valence-electron chi connectivity index (χ0n) is 12.4. The van der Waals surface area contributed by atoms with Gasteiger partial charge >= 0.3 is 6.09 Å². The van der Waals surface area contributed by atoms with Crippen molar-refractivity contribution in [2.45, 2.75) is 24.6 Å². The number of rotatable bonds is 4. The largest absolute Gasteiger partial charge is 0.465 e. The van der Waals surface area contributed by atoms with Crippen LogP contribution in [0.5, 0.6) is 0 Å². The average molecular weight is 327 g/mol. The second kappa shape index (κ2) is 6.43. The summed E-state index contributed by atoms with van der Waals surface area (Å²) in [6, 6.07) is 5.05. The summed E-state index contributed by atoms with van der Waals surface area (Å²) in [6.45, 7) is 1.28. The van der Waals surface area contributed by atoms with E-state index in [9.17, 15) is 13.2 Å². The van der Waals surface area contributed by atoms with Gasteiger partial charge in [-0.15, -0.1) is 0 Å². The predicted molar refractivity (Wildman–Crippen MR) is 85.8 cm³/mol. The van der Waals surface area contributed by atoms with E-state index in [1.807, 2.05) is 4.90 Å². The third-order valence-corrected chi connectivity index (χ3v) is 4.45. The lowest BCUT2D eigenvalue weighted by Gasteiger charge is -2.35. The molecule has 7 nitrogen and oxygen atoms in total. The molecule has 0 saturated carbocycles. The van der Waals surface area contributed by atoms with Gasteiger partial charge in [0.15, 0.2) is 9.84 Å². The Bertz CT molecular complexity index is 660. The number of piperidine rings is 1. The van der Waals surface area contributed by atoms with E-state index in [1.54, 1.807) is 18.2 Å². The topological polar surface area (TPSA) is 113 Å². The fraction of sp³-hybridized carbons (Fsp3) is 0.500. The molecule has 1 aromatic rings. The highest BCUT2D eigenvalue weighted by Gasteiger charge is 2.23. The molecule has 22 heavy (non-hydrogen) atoms. The van der Waals surface area contributed by atoms with Crippen LogP contribution in [0.2, 0.25) is 0 Å². The van der Waals surface area contributed by atoms with Gasteiger partial charge in [-0.1, -0.05) is 0 Å². The first kappa shape index (κ1) is 16.4. The molecule has 1 aliphatic heterocycles. The first-order valence-electron chi connectivity index (χ1n) is 7.05. The van der Waals surface area contributed by atoms with Crippen molar-refractivity contribution >= 4 is 27.3 Å². The number of carboxylic acid groups (broad SMARTS) is 1. The van der Waals surface area contributed by atoms with Crippen LogP contribution in [0.25, 0.3) is 0 Å². The summed E-state index contributed by atoms with van der Waals surface area (Å²) in [5.41, 5.74) is 7.73. The van der Waals surface area contributed by atoms with E-state index in [1.165, 1.54) is 6.26 Å². The van der Waals surface area contributed by atoms with Crippen molar-refractivity contribution in [3.8, 4) is 0 Å². The van der Waals surface area contributed by atoms with E-state index in [4.69, 9.17) is 10.8 Å². The van der Waals surface area contributed by atoms with Crippen molar-refractivity contribution < 1.29 is 18.3 Å². The molecule has 8 heteroatoms. The molecule has 1 atom stereocenters. The number of nitrogens with one attached hydrogen (secondary N) is 1. The van der Waals surface area contributed by atoms with E-state index in [0.717, 1.165) is 25.1 Å². The number of amides is 1. The molecule has 0 bridgehead atoms. The zero-order valence-corrected chi connectivity index (χ0v) is 13.3. The normalized spacial score (nSPS) is 19.0. The Morgan fingerprint density at radius 3 is 2.86 bits per heavy atom. The molecule has 1 aliphatic rings. The molecule has 4 N–H and O–H groups in total. The lowest BCUT2D eigenvalue weighted by atomic mass is 10.0. The maximum atomic E-state index is 11.6. The van der Waals surface area contributed by atoms with Crippen LogP contribution in [-0.4, -0.2) is 45.0 Å². The Morgan fingerprint density at radius 2 is 2.23 bits per heavy atom. The summed E-state index contributed by atoms with van der Waals surface area (Å²) in [5.74, 6) is -0.0824. The second-order valence-corrected chi connectivity index (χ2v) is 7.83. The summed E-state index contributed by atoms with van der Waals surface area (Å²) < 4.78 is 23.2. The maximum absolute atomic E-state index is 11.6. The van der Waals surface area contributed by atoms with Crippen LogP contribution < -0.4 is 16.0 Å². The summed E-state index contributed by atoms with van der Waals surface area (Å²) in [5, 5.41) is 11.3. The van der Waals surface area contributed by atoms with Crippen molar-refractivity contribution in [2.24, 2.45) is 0 Å². The number of nitrogen functional groups attached to an aromatic ring is 1. The highest BCUT2D eigenvalue weighted by atomic mass is 32.2. The van der Waals surface area contributed by atoms with Gasteiger partial charge in [0.05, 0.1) is 5.75 Å². The molecule has 0 spiro atoms. The van der Waals surface area contributed by atoms with Crippen molar-refractivity contribution in [3.63, 3.8) is 0 Å². The Hall–Kier alpha value is -1.96. The number of anilines is 2. The van der Waals surface area contributed by atoms with Gasteiger partial charge in [0.1, 0.15) is 0 Å². The lowest BCUT2D eigenvalue weighted by Crippen LogP contribution is -2.47. The Morgan fingerprint density at radius 1 is 1.50 bits per heavy atom. The molecular formula is C14H21N3O4S.